The van der Waals surface area contributed by atoms with Crippen LogP contribution in [0.3, 0.4) is 0 Å². The number of amides is 3. The minimum Gasteiger partial charge on any atom is -0.444 e. The first-order valence-electron chi connectivity index (χ1n) is 7.82. The molecule has 1 aliphatic heterocycles. The maximum Gasteiger partial charge on any atom is 0.407 e. The molecule has 1 aliphatic rings. The monoisotopic (exact) mass is 319 g/mol. The van der Waals surface area contributed by atoms with Crippen LogP contribution in [0.4, 0.5) is 9.59 Å². The molecule has 0 aromatic heterocycles. The molecule has 0 unspecified atom stereocenters. The summed E-state index contributed by atoms with van der Waals surface area (Å²) in [6.07, 6.45) is 0.421. The summed E-state index contributed by atoms with van der Waals surface area (Å²) < 4.78 is 5.22. The predicted molar refractivity (Wildman–Crippen MR) is 88.1 cm³/mol. The molecule has 0 saturated carbocycles. The van der Waals surface area contributed by atoms with E-state index in [1.807, 2.05) is 32.9 Å². The lowest BCUT2D eigenvalue weighted by Crippen LogP contribution is -2.41. The Morgan fingerprint density at radius 1 is 1.26 bits per heavy atom. The zero-order chi connectivity index (χ0) is 17.0. The summed E-state index contributed by atoms with van der Waals surface area (Å²) in [7, 11) is 1.64. The number of ether oxygens (including phenoxy) is 1. The largest absolute Gasteiger partial charge is 0.444 e. The molecule has 6 heteroatoms. The van der Waals surface area contributed by atoms with Crippen LogP contribution >= 0.6 is 0 Å². The van der Waals surface area contributed by atoms with Crippen molar-refractivity contribution in [2.24, 2.45) is 0 Å². The van der Waals surface area contributed by atoms with E-state index in [-0.39, 0.29) is 6.03 Å². The number of nitrogens with one attached hydrogen (secondary N) is 2. The quantitative estimate of drug-likeness (QED) is 0.879. The summed E-state index contributed by atoms with van der Waals surface area (Å²) in [5, 5.41) is 5.41. The molecule has 0 radical (unpaired) electrons. The molecule has 0 bridgehead atoms. The highest BCUT2D eigenvalue weighted by Gasteiger charge is 2.20. The molecule has 0 spiro atoms. The van der Waals surface area contributed by atoms with E-state index in [1.165, 1.54) is 5.56 Å². The van der Waals surface area contributed by atoms with Gasteiger partial charge in [-0.2, -0.15) is 0 Å². The highest BCUT2D eigenvalue weighted by molar-refractivity contribution is 5.74. The highest BCUT2D eigenvalue weighted by atomic mass is 16.6. The Morgan fingerprint density at radius 3 is 2.65 bits per heavy atom. The Labute approximate surface area is 137 Å². The zero-order valence-electron chi connectivity index (χ0n) is 14.2. The summed E-state index contributed by atoms with van der Waals surface area (Å²) in [6.45, 7) is 7.22. The summed E-state index contributed by atoms with van der Waals surface area (Å²) in [4.78, 5) is 25.2. The third-order valence-electron chi connectivity index (χ3n) is 3.62. The lowest BCUT2D eigenvalue weighted by atomic mass is 9.97. The number of benzene rings is 1. The van der Waals surface area contributed by atoms with E-state index in [9.17, 15) is 9.59 Å². The normalized spacial score (nSPS) is 14.0. The Bertz CT molecular complexity index is 593. The molecule has 0 saturated heterocycles. The van der Waals surface area contributed by atoms with Crippen LogP contribution in [0.15, 0.2) is 18.2 Å². The fourth-order valence-corrected chi connectivity index (χ4v) is 2.54. The van der Waals surface area contributed by atoms with Crippen molar-refractivity contribution in [2.75, 3.05) is 13.6 Å². The van der Waals surface area contributed by atoms with E-state index in [0.29, 0.717) is 13.1 Å². The van der Waals surface area contributed by atoms with Gasteiger partial charge in [0.25, 0.3) is 0 Å². The minimum absolute atomic E-state index is 0.0621. The first-order chi connectivity index (χ1) is 10.8. The van der Waals surface area contributed by atoms with E-state index < -0.39 is 11.7 Å². The van der Waals surface area contributed by atoms with Gasteiger partial charge in [0.15, 0.2) is 0 Å². The van der Waals surface area contributed by atoms with Crippen LogP contribution in [-0.2, 0) is 24.2 Å². The maximum atomic E-state index is 11.8. The Hall–Kier alpha value is -2.24. The Morgan fingerprint density at radius 2 is 2.00 bits per heavy atom. The fraction of sp³-hybridized carbons (Fsp3) is 0.529. The van der Waals surface area contributed by atoms with E-state index in [2.05, 4.69) is 16.7 Å². The first-order valence-corrected chi connectivity index (χ1v) is 7.82. The van der Waals surface area contributed by atoms with Gasteiger partial charge in [-0.05, 0) is 43.9 Å². The van der Waals surface area contributed by atoms with Crippen LogP contribution in [0, 0.1) is 0 Å². The number of fused-ring (bicyclic) bond motifs is 1. The van der Waals surface area contributed by atoms with Crippen LogP contribution in [0.1, 0.15) is 37.5 Å². The first kappa shape index (κ1) is 17.1. The fourth-order valence-electron chi connectivity index (χ4n) is 2.54. The van der Waals surface area contributed by atoms with Crippen molar-refractivity contribution in [2.45, 2.75) is 45.9 Å². The smallest absolute Gasteiger partial charge is 0.407 e. The second-order valence-electron chi connectivity index (χ2n) is 6.69. The van der Waals surface area contributed by atoms with Gasteiger partial charge in [0.1, 0.15) is 5.60 Å². The number of carbonyl (C=O) groups is 2. The molecule has 2 rings (SSSR count). The molecule has 2 N–H and O–H groups in total. The zero-order valence-corrected chi connectivity index (χ0v) is 14.2. The summed E-state index contributed by atoms with van der Waals surface area (Å²) >= 11 is 0. The molecule has 1 aromatic carbocycles. The molecule has 6 nitrogen and oxygen atoms in total. The van der Waals surface area contributed by atoms with Crippen molar-refractivity contribution in [3.63, 3.8) is 0 Å². The van der Waals surface area contributed by atoms with Crippen molar-refractivity contribution < 1.29 is 14.3 Å². The van der Waals surface area contributed by atoms with Crippen molar-refractivity contribution in [3.05, 3.63) is 34.9 Å². The summed E-state index contributed by atoms with van der Waals surface area (Å²) in [5.41, 5.74) is 2.87. The summed E-state index contributed by atoms with van der Waals surface area (Å²) in [6, 6.07) is 6.06. The lowest BCUT2D eigenvalue weighted by Gasteiger charge is -2.29. The van der Waals surface area contributed by atoms with E-state index in [4.69, 9.17) is 4.74 Å². The van der Waals surface area contributed by atoms with Crippen LogP contribution in [0.2, 0.25) is 0 Å². The van der Waals surface area contributed by atoms with E-state index >= 15 is 0 Å². The third kappa shape index (κ3) is 4.87. The Balaban J connectivity index is 1.98. The van der Waals surface area contributed by atoms with Crippen LogP contribution < -0.4 is 10.6 Å². The van der Waals surface area contributed by atoms with E-state index in [0.717, 1.165) is 24.1 Å². The van der Waals surface area contributed by atoms with Crippen molar-refractivity contribution >= 4 is 12.1 Å². The topological polar surface area (TPSA) is 70.7 Å². The van der Waals surface area contributed by atoms with Gasteiger partial charge < -0.3 is 20.3 Å². The number of nitrogens with zero attached hydrogens (tertiary/aromatic N) is 1. The van der Waals surface area contributed by atoms with Gasteiger partial charge in [-0.3, -0.25) is 0 Å². The van der Waals surface area contributed by atoms with Gasteiger partial charge in [-0.25, -0.2) is 9.59 Å². The number of hydrogen-bond acceptors (Lipinski definition) is 3. The number of rotatable bonds is 2. The van der Waals surface area contributed by atoms with Crippen LogP contribution in [-0.4, -0.2) is 36.2 Å². The van der Waals surface area contributed by atoms with Gasteiger partial charge in [0, 0.05) is 26.7 Å². The maximum absolute atomic E-state index is 11.8. The number of urea groups is 1. The average Bonchev–Trinajstić information content (AvgIpc) is 2.49. The van der Waals surface area contributed by atoms with Gasteiger partial charge in [-0.15, -0.1) is 0 Å². The van der Waals surface area contributed by atoms with Crippen LogP contribution in [0.5, 0.6) is 0 Å². The number of alkyl carbamates (subject to hydrolysis) is 1. The number of carbonyl (C=O) groups excluding carboxylic acids is 2. The molecule has 0 aliphatic carbocycles. The van der Waals surface area contributed by atoms with Gasteiger partial charge in [-0.1, -0.05) is 18.2 Å². The molecule has 1 aromatic rings. The molecule has 23 heavy (non-hydrogen) atoms. The number of hydrogen-bond donors (Lipinski definition) is 2. The summed E-state index contributed by atoms with van der Waals surface area (Å²) in [5.74, 6) is 0. The standard InChI is InChI=1S/C17H25N3O3/c1-17(2,3)23-16(22)19-10-12-5-6-13-7-8-20(15(21)18-4)11-14(13)9-12/h5-6,9H,7-8,10-11H2,1-4H3,(H,18,21)(H,19,22). The SMILES string of the molecule is CNC(=O)N1CCc2ccc(CNC(=O)OC(C)(C)C)cc2C1. The second-order valence-corrected chi connectivity index (χ2v) is 6.69. The molecule has 0 fully saturated rings. The molecule has 3 amide bonds. The third-order valence-corrected chi connectivity index (χ3v) is 3.62. The minimum atomic E-state index is -0.506. The highest BCUT2D eigenvalue weighted by Crippen LogP contribution is 2.20. The van der Waals surface area contributed by atoms with Crippen molar-refractivity contribution in [1.82, 2.24) is 15.5 Å². The van der Waals surface area contributed by atoms with Crippen LogP contribution in [0.25, 0.3) is 0 Å². The second kappa shape index (κ2) is 6.89. The predicted octanol–water partition coefficient (Wildman–Crippen LogP) is 2.41. The molecule has 126 valence electrons. The van der Waals surface area contributed by atoms with E-state index in [1.54, 1.807) is 11.9 Å². The molecular formula is C17H25N3O3. The molecule has 1 heterocycles. The Kier molecular flexibility index (Phi) is 5.13. The van der Waals surface area contributed by atoms with Gasteiger partial charge >= 0.3 is 12.1 Å². The van der Waals surface area contributed by atoms with Crippen molar-refractivity contribution in [3.8, 4) is 0 Å². The van der Waals surface area contributed by atoms with Gasteiger partial charge in [0.05, 0.1) is 0 Å². The lowest BCUT2D eigenvalue weighted by molar-refractivity contribution is 0.0523. The van der Waals surface area contributed by atoms with Crippen molar-refractivity contribution in [1.29, 1.82) is 0 Å². The molecule has 0 atom stereocenters. The average molecular weight is 319 g/mol. The molecular weight excluding hydrogens is 294 g/mol. The van der Waals surface area contributed by atoms with Gasteiger partial charge in [0.2, 0.25) is 0 Å².